The molecule has 0 radical (unpaired) electrons. The summed E-state index contributed by atoms with van der Waals surface area (Å²) in [5, 5.41) is 23.5. The van der Waals surface area contributed by atoms with Crippen LogP contribution >= 0.6 is 0 Å². The Kier molecular flexibility index (Phi) is 5.79. The number of hydrazone groups is 1. The first kappa shape index (κ1) is 17.6. The van der Waals surface area contributed by atoms with Crippen LogP contribution in [0.5, 0.6) is 5.75 Å². The Labute approximate surface area is 143 Å². The van der Waals surface area contributed by atoms with Gasteiger partial charge < -0.3 is 4.74 Å². The second-order valence-electron chi connectivity index (χ2n) is 4.93. The fraction of sp³-hybridized carbons (Fsp3) is 0.118. The highest BCUT2D eigenvalue weighted by atomic mass is 16.6. The number of amides is 1. The van der Waals surface area contributed by atoms with Crippen LogP contribution in [0.1, 0.15) is 18.1 Å². The van der Waals surface area contributed by atoms with E-state index >= 15 is 0 Å². The van der Waals surface area contributed by atoms with E-state index in [4.69, 9.17) is 10.00 Å². The van der Waals surface area contributed by atoms with Gasteiger partial charge in [0, 0.05) is 12.1 Å². The lowest BCUT2D eigenvalue weighted by Gasteiger charge is -2.07. The van der Waals surface area contributed by atoms with Gasteiger partial charge >= 0.3 is 0 Å². The molecule has 25 heavy (non-hydrogen) atoms. The quantitative estimate of drug-likeness (QED) is 0.493. The van der Waals surface area contributed by atoms with Gasteiger partial charge in [-0.3, -0.25) is 14.9 Å². The second kappa shape index (κ2) is 8.21. The summed E-state index contributed by atoms with van der Waals surface area (Å²) < 4.78 is 5.29. The van der Waals surface area contributed by atoms with Crippen molar-refractivity contribution in [1.29, 1.82) is 5.26 Å². The number of nitrogens with one attached hydrogen (secondary N) is 1. The Morgan fingerprint density at radius 2 is 1.96 bits per heavy atom. The van der Waals surface area contributed by atoms with Crippen LogP contribution in [0.15, 0.2) is 53.6 Å². The lowest BCUT2D eigenvalue weighted by atomic mass is 10.1. The summed E-state index contributed by atoms with van der Waals surface area (Å²) in [6.45, 7) is 1.36. The molecule has 0 aliphatic rings. The number of carbonyl (C=O) groups excluding carboxylic acids is 1. The molecule has 0 fully saturated rings. The van der Waals surface area contributed by atoms with E-state index in [0.717, 1.165) is 0 Å². The van der Waals surface area contributed by atoms with Gasteiger partial charge in [0.25, 0.3) is 11.6 Å². The number of hydrogen-bond acceptors (Lipinski definition) is 6. The minimum Gasteiger partial charge on any atom is -0.482 e. The Morgan fingerprint density at radius 1 is 1.28 bits per heavy atom. The normalized spacial score (nSPS) is 10.6. The lowest BCUT2D eigenvalue weighted by molar-refractivity contribution is -0.384. The second-order valence-corrected chi connectivity index (χ2v) is 4.93. The van der Waals surface area contributed by atoms with E-state index in [-0.39, 0.29) is 12.3 Å². The highest BCUT2D eigenvalue weighted by Gasteiger charge is 2.07. The molecule has 0 spiro atoms. The highest BCUT2D eigenvalue weighted by Crippen LogP contribution is 2.16. The molecule has 0 aromatic heterocycles. The molecular formula is C17H14N4O4. The smallest absolute Gasteiger partial charge is 0.277 e. The number of nitriles is 1. The average Bonchev–Trinajstić information content (AvgIpc) is 2.64. The molecule has 0 bridgehead atoms. The van der Waals surface area contributed by atoms with Crippen molar-refractivity contribution in [3.63, 3.8) is 0 Å². The number of nitrogens with zero attached hydrogens (tertiary/aromatic N) is 3. The van der Waals surface area contributed by atoms with E-state index in [1.165, 1.54) is 12.1 Å². The van der Waals surface area contributed by atoms with Gasteiger partial charge in [-0.15, -0.1) is 0 Å². The molecule has 0 unspecified atom stereocenters. The monoisotopic (exact) mass is 338 g/mol. The highest BCUT2D eigenvalue weighted by molar-refractivity contribution is 5.99. The van der Waals surface area contributed by atoms with Crippen LogP contribution in [-0.4, -0.2) is 23.1 Å². The van der Waals surface area contributed by atoms with Gasteiger partial charge in [-0.05, 0) is 36.8 Å². The van der Waals surface area contributed by atoms with Crippen molar-refractivity contribution in [1.82, 2.24) is 5.43 Å². The number of carbonyl (C=O) groups is 1. The third-order valence-corrected chi connectivity index (χ3v) is 3.21. The molecule has 0 heterocycles. The molecule has 0 saturated heterocycles. The van der Waals surface area contributed by atoms with Gasteiger partial charge in [0.15, 0.2) is 6.61 Å². The molecular weight excluding hydrogens is 324 g/mol. The summed E-state index contributed by atoms with van der Waals surface area (Å²) in [6, 6.07) is 14.4. The number of nitro benzene ring substituents is 1. The van der Waals surface area contributed by atoms with Gasteiger partial charge in [-0.1, -0.05) is 12.1 Å². The van der Waals surface area contributed by atoms with Crippen molar-refractivity contribution in [3.05, 3.63) is 69.8 Å². The lowest BCUT2D eigenvalue weighted by Crippen LogP contribution is -2.25. The van der Waals surface area contributed by atoms with E-state index in [0.29, 0.717) is 22.6 Å². The Bertz CT molecular complexity index is 854. The first-order chi connectivity index (χ1) is 12.0. The minimum atomic E-state index is -0.492. The average molecular weight is 338 g/mol. The third-order valence-electron chi connectivity index (χ3n) is 3.21. The van der Waals surface area contributed by atoms with Crippen LogP contribution in [0.3, 0.4) is 0 Å². The molecule has 8 nitrogen and oxygen atoms in total. The molecule has 0 aliphatic carbocycles. The zero-order valence-electron chi connectivity index (χ0n) is 13.3. The summed E-state index contributed by atoms with van der Waals surface area (Å²) in [7, 11) is 0. The predicted molar refractivity (Wildman–Crippen MR) is 90.1 cm³/mol. The van der Waals surface area contributed by atoms with Crippen molar-refractivity contribution >= 4 is 17.3 Å². The van der Waals surface area contributed by atoms with Gasteiger partial charge in [0.2, 0.25) is 0 Å². The topological polar surface area (TPSA) is 118 Å². The van der Waals surface area contributed by atoms with Gasteiger partial charge in [0.1, 0.15) is 11.8 Å². The molecule has 0 atom stereocenters. The maximum absolute atomic E-state index is 11.8. The zero-order chi connectivity index (χ0) is 18.2. The molecule has 2 aromatic rings. The van der Waals surface area contributed by atoms with Crippen molar-refractivity contribution in [2.45, 2.75) is 6.92 Å². The molecule has 1 amide bonds. The van der Waals surface area contributed by atoms with Gasteiger partial charge in [-0.25, -0.2) is 5.43 Å². The summed E-state index contributed by atoms with van der Waals surface area (Å²) >= 11 is 0. The number of benzene rings is 2. The largest absolute Gasteiger partial charge is 0.482 e. The first-order valence-electron chi connectivity index (χ1n) is 7.21. The Balaban J connectivity index is 1.93. The van der Waals surface area contributed by atoms with E-state index in [1.807, 2.05) is 6.07 Å². The molecule has 2 aromatic carbocycles. The van der Waals surface area contributed by atoms with Crippen LogP contribution in [0, 0.1) is 21.4 Å². The molecule has 8 heteroatoms. The minimum absolute atomic E-state index is 0.0230. The molecule has 0 aliphatic heterocycles. The van der Waals surface area contributed by atoms with Crippen LogP contribution in [-0.2, 0) is 4.79 Å². The number of ether oxygens (including phenoxy) is 1. The van der Waals surface area contributed by atoms with Crippen LogP contribution in [0.4, 0.5) is 5.69 Å². The van der Waals surface area contributed by atoms with Crippen LogP contribution < -0.4 is 10.2 Å². The maximum atomic E-state index is 11.8. The van der Waals surface area contributed by atoms with Crippen molar-refractivity contribution in [2.75, 3.05) is 6.61 Å². The maximum Gasteiger partial charge on any atom is 0.277 e. The summed E-state index contributed by atoms with van der Waals surface area (Å²) in [6.07, 6.45) is 0. The van der Waals surface area contributed by atoms with Crippen molar-refractivity contribution in [2.24, 2.45) is 5.10 Å². The fourth-order valence-electron chi connectivity index (χ4n) is 1.90. The number of rotatable bonds is 6. The van der Waals surface area contributed by atoms with Crippen molar-refractivity contribution < 1.29 is 14.5 Å². The predicted octanol–water partition coefficient (Wildman–Crippen LogP) is 2.39. The van der Waals surface area contributed by atoms with Crippen molar-refractivity contribution in [3.8, 4) is 11.8 Å². The van der Waals surface area contributed by atoms with E-state index in [1.54, 1.807) is 43.3 Å². The number of para-hydroxylation sites is 1. The zero-order valence-corrected chi connectivity index (χ0v) is 13.3. The fourth-order valence-corrected chi connectivity index (χ4v) is 1.90. The SMILES string of the molecule is C/C(=N\NC(=O)COc1ccccc1C#N)c1ccc([N+](=O)[O-])cc1. The number of non-ortho nitro benzene ring substituents is 1. The Hall–Kier alpha value is -3.73. The summed E-state index contributed by atoms with van der Waals surface area (Å²) in [4.78, 5) is 21.9. The Morgan fingerprint density at radius 3 is 2.60 bits per heavy atom. The van der Waals surface area contributed by atoms with E-state index in [9.17, 15) is 14.9 Å². The van der Waals surface area contributed by atoms with Crippen LogP contribution in [0.2, 0.25) is 0 Å². The van der Waals surface area contributed by atoms with E-state index in [2.05, 4.69) is 10.5 Å². The van der Waals surface area contributed by atoms with Crippen LogP contribution in [0.25, 0.3) is 0 Å². The van der Waals surface area contributed by atoms with E-state index < -0.39 is 10.8 Å². The summed E-state index contributed by atoms with van der Waals surface area (Å²) in [5.74, 6) is -0.176. The first-order valence-corrected chi connectivity index (χ1v) is 7.21. The molecule has 0 saturated carbocycles. The molecule has 2 rings (SSSR count). The molecule has 1 N–H and O–H groups in total. The third kappa shape index (κ3) is 4.87. The van der Waals surface area contributed by atoms with Gasteiger partial charge in [-0.2, -0.15) is 10.4 Å². The number of nitro groups is 1. The van der Waals surface area contributed by atoms with Gasteiger partial charge in [0.05, 0.1) is 16.2 Å². The molecule has 126 valence electrons. The number of hydrogen-bond donors (Lipinski definition) is 1. The standard InChI is InChI=1S/C17H14N4O4/c1-12(13-6-8-15(9-7-13)21(23)24)19-20-17(22)11-25-16-5-3-2-4-14(16)10-18/h2-9H,11H2,1H3,(H,20,22)/b19-12+. The summed E-state index contributed by atoms with van der Waals surface area (Å²) in [5.41, 5.74) is 3.77.